The minimum absolute atomic E-state index is 0.0173. The maximum atomic E-state index is 13.2. The van der Waals surface area contributed by atoms with Crippen LogP contribution in [0.2, 0.25) is 0 Å². The van der Waals surface area contributed by atoms with E-state index in [9.17, 15) is 23.1 Å². The molecule has 1 aliphatic rings. The molecule has 1 fully saturated rings. The number of fused-ring (bicyclic) bond motifs is 1. The zero-order valence-corrected chi connectivity index (χ0v) is 18.5. The van der Waals surface area contributed by atoms with Gasteiger partial charge in [0.25, 0.3) is 0 Å². The lowest BCUT2D eigenvalue weighted by Crippen LogP contribution is -2.51. The second-order valence-electron chi connectivity index (χ2n) is 7.91. The van der Waals surface area contributed by atoms with Crippen LogP contribution in [-0.4, -0.2) is 52.1 Å². The minimum atomic E-state index is -4.63. The standard InChI is InChI=1S/C22H24F3N5O4/c1-11(21(32)30-8-3-9-30)27-19(31)18-15(10-26)34-20(29-18)13-4-6-14(33-2)17-12(13)5-7-16(28-17)22(23,24)25/h4-7,11,19,27,31H,3,8-10,26H2,1-2H3/t11-,19?/m1/s1. The molecule has 1 amide bonds. The van der Waals surface area contributed by atoms with Crippen LogP contribution in [-0.2, 0) is 17.5 Å². The van der Waals surface area contributed by atoms with Gasteiger partial charge in [0.1, 0.15) is 28.4 Å². The van der Waals surface area contributed by atoms with Gasteiger partial charge in [0, 0.05) is 24.0 Å². The Labute approximate surface area is 192 Å². The lowest BCUT2D eigenvalue weighted by atomic mass is 10.1. The lowest BCUT2D eigenvalue weighted by molar-refractivity contribution is -0.141. The molecule has 0 bridgehead atoms. The zero-order chi connectivity index (χ0) is 24.6. The fourth-order valence-corrected chi connectivity index (χ4v) is 3.74. The first kappa shape index (κ1) is 23.9. The highest BCUT2D eigenvalue weighted by Gasteiger charge is 2.33. The number of nitrogens with two attached hydrogens (primary N) is 1. The van der Waals surface area contributed by atoms with Crippen LogP contribution in [0.5, 0.6) is 5.75 Å². The number of hydrogen-bond acceptors (Lipinski definition) is 8. The molecule has 0 aliphatic carbocycles. The summed E-state index contributed by atoms with van der Waals surface area (Å²) in [6, 6.07) is 4.48. The van der Waals surface area contributed by atoms with Crippen LogP contribution < -0.4 is 15.8 Å². The van der Waals surface area contributed by atoms with Gasteiger partial charge in [0.05, 0.1) is 19.7 Å². The van der Waals surface area contributed by atoms with E-state index >= 15 is 0 Å². The van der Waals surface area contributed by atoms with Gasteiger partial charge in [0.15, 0.2) is 6.23 Å². The normalized spacial score (nSPS) is 15.8. The van der Waals surface area contributed by atoms with Gasteiger partial charge in [-0.2, -0.15) is 13.2 Å². The van der Waals surface area contributed by atoms with Crippen molar-refractivity contribution in [3.63, 3.8) is 0 Å². The summed E-state index contributed by atoms with van der Waals surface area (Å²) in [6.45, 7) is 2.89. The highest BCUT2D eigenvalue weighted by Crippen LogP contribution is 2.37. The molecule has 4 rings (SSSR count). The maximum absolute atomic E-state index is 13.2. The maximum Gasteiger partial charge on any atom is 0.433 e. The molecular weight excluding hydrogens is 455 g/mol. The van der Waals surface area contributed by atoms with Crippen LogP contribution in [0.3, 0.4) is 0 Å². The van der Waals surface area contributed by atoms with Crippen molar-refractivity contribution in [2.75, 3.05) is 20.2 Å². The number of methoxy groups -OCH3 is 1. The first-order valence-electron chi connectivity index (χ1n) is 10.6. The van der Waals surface area contributed by atoms with E-state index in [1.54, 1.807) is 17.9 Å². The number of ether oxygens (including phenoxy) is 1. The number of hydrogen-bond donors (Lipinski definition) is 3. The van der Waals surface area contributed by atoms with Crippen LogP contribution in [0.15, 0.2) is 28.7 Å². The van der Waals surface area contributed by atoms with E-state index in [-0.39, 0.29) is 41.1 Å². The first-order valence-corrected chi connectivity index (χ1v) is 10.6. The van der Waals surface area contributed by atoms with E-state index in [2.05, 4.69) is 15.3 Å². The van der Waals surface area contributed by atoms with Crippen LogP contribution in [0, 0.1) is 0 Å². The molecule has 0 spiro atoms. The summed E-state index contributed by atoms with van der Waals surface area (Å²) in [4.78, 5) is 22.1. The average molecular weight is 479 g/mol. The van der Waals surface area contributed by atoms with Crippen LogP contribution in [0.1, 0.15) is 36.7 Å². The number of carbonyl (C=O) groups is 1. The number of alkyl halides is 3. The Morgan fingerprint density at radius 2 is 2.03 bits per heavy atom. The van der Waals surface area contributed by atoms with Gasteiger partial charge in [-0.1, -0.05) is 0 Å². The number of carbonyl (C=O) groups excluding carboxylic acids is 1. The second-order valence-corrected chi connectivity index (χ2v) is 7.91. The van der Waals surface area contributed by atoms with E-state index in [0.717, 1.165) is 12.5 Å². The number of likely N-dealkylation sites (tertiary alicyclic amines) is 1. The molecule has 34 heavy (non-hydrogen) atoms. The molecule has 1 aromatic carbocycles. The van der Waals surface area contributed by atoms with Crippen molar-refractivity contribution in [3.05, 3.63) is 41.4 Å². The van der Waals surface area contributed by atoms with Gasteiger partial charge in [0.2, 0.25) is 11.8 Å². The number of rotatable bonds is 7. The fraction of sp³-hybridized carbons (Fsp3) is 0.409. The predicted octanol–water partition coefficient (Wildman–Crippen LogP) is 2.58. The Hall–Kier alpha value is -3.22. The van der Waals surface area contributed by atoms with Crippen molar-refractivity contribution in [3.8, 4) is 17.2 Å². The second kappa shape index (κ2) is 9.20. The summed E-state index contributed by atoms with van der Waals surface area (Å²) in [5.74, 6) is 0.210. The molecule has 3 aromatic rings. The van der Waals surface area contributed by atoms with E-state index in [4.69, 9.17) is 14.9 Å². The van der Waals surface area contributed by atoms with E-state index < -0.39 is 24.1 Å². The van der Waals surface area contributed by atoms with Crippen molar-refractivity contribution in [1.82, 2.24) is 20.2 Å². The summed E-state index contributed by atoms with van der Waals surface area (Å²) >= 11 is 0. The largest absolute Gasteiger partial charge is 0.494 e. The Kier molecular flexibility index (Phi) is 6.47. The van der Waals surface area contributed by atoms with Gasteiger partial charge in [-0.15, -0.1) is 0 Å². The van der Waals surface area contributed by atoms with Crippen molar-refractivity contribution in [1.29, 1.82) is 0 Å². The zero-order valence-electron chi connectivity index (χ0n) is 18.5. The molecule has 4 N–H and O–H groups in total. The first-order chi connectivity index (χ1) is 16.1. The Bertz CT molecular complexity index is 1210. The quantitative estimate of drug-likeness (QED) is 0.442. The number of nitrogens with one attached hydrogen (secondary N) is 1. The van der Waals surface area contributed by atoms with Crippen molar-refractivity contribution in [2.45, 2.75) is 38.3 Å². The molecular formula is C22H24F3N5O4. The van der Waals surface area contributed by atoms with Crippen LogP contribution in [0.4, 0.5) is 13.2 Å². The number of benzene rings is 1. The summed E-state index contributed by atoms with van der Waals surface area (Å²) in [7, 11) is 1.33. The lowest BCUT2D eigenvalue weighted by Gasteiger charge is -2.33. The summed E-state index contributed by atoms with van der Waals surface area (Å²) in [5.41, 5.74) is 5.12. The summed E-state index contributed by atoms with van der Waals surface area (Å²) < 4.78 is 50.5. The van der Waals surface area contributed by atoms with Crippen LogP contribution >= 0.6 is 0 Å². The molecule has 0 radical (unpaired) electrons. The molecule has 12 heteroatoms. The molecule has 1 unspecified atom stereocenters. The Balaban J connectivity index is 1.70. The van der Waals surface area contributed by atoms with E-state index in [1.165, 1.54) is 19.2 Å². The molecule has 182 valence electrons. The van der Waals surface area contributed by atoms with E-state index in [1.807, 2.05) is 0 Å². The number of aliphatic hydroxyl groups is 1. The Morgan fingerprint density at radius 3 is 2.62 bits per heavy atom. The van der Waals surface area contributed by atoms with Crippen molar-refractivity contribution in [2.24, 2.45) is 5.73 Å². The minimum Gasteiger partial charge on any atom is -0.494 e. The number of halogens is 3. The number of pyridine rings is 1. The Morgan fingerprint density at radius 1 is 1.29 bits per heavy atom. The molecule has 3 heterocycles. The molecule has 1 aliphatic heterocycles. The smallest absolute Gasteiger partial charge is 0.433 e. The molecule has 0 saturated carbocycles. The topological polar surface area (TPSA) is 127 Å². The summed E-state index contributed by atoms with van der Waals surface area (Å²) in [6.07, 6.45) is -5.03. The van der Waals surface area contributed by atoms with Crippen molar-refractivity contribution < 1.29 is 32.2 Å². The molecule has 2 atom stereocenters. The third kappa shape index (κ3) is 4.43. The highest BCUT2D eigenvalue weighted by atomic mass is 19.4. The van der Waals surface area contributed by atoms with Gasteiger partial charge >= 0.3 is 6.18 Å². The number of amides is 1. The van der Waals surface area contributed by atoms with E-state index in [0.29, 0.717) is 24.0 Å². The van der Waals surface area contributed by atoms with Crippen molar-refractivity contribution >= 4 is 16.8 Å². The van der Waals surface area contributed by atoms with Gasteiger partial charge in [-0.25, -0.2) is 9.97 Å². The third-order valence-electron chi connectivity index (χ3n) is 5.68. The molecule has 1 saturated heterocycles. The molecule has 9 nitrogen and oxygen atoms in total. The van der Waals surface area contributed by atoms with Gasteiger partial charge in [-0.05, 0) is 37.6 Å². The SMILES string of the molecule is COc1ccc(-c2nc(C(O)N[C@H](C)C(=O)N3CCC3)c(CN)o2)c2ccc(C(F)(F)F)nc12. The number of oxazole rings is 1. The average Bonchev–Trinajstić information content (AvgIpc) is 3.20. The number of aromatic nitrogens is 2. The monoisotopic (exact) mass is 479 g/mol. The number of nitrogens with zero attached hydrogens (tertiary/aromatic N) is 3. The molecule has 2 aromatic heterocycles. The van der Waals surface area contributed by atoms with Gasteiger partial charge < -0.3 is 24.9 Å². The highest BCUT2D eigenvalue weighted by molar-refractivity contribution is 5.96. The third-order valence-corrected chi connectivity index (χ3v) is 5.68. The van der Waals surface area contributed by atoms with Gasteiger partial charge in [-0.3, -0.25) is 10.1 Å². The number of aliphatic hydroxyl groups excluding tert-OH is 1. The fourth-order valence-electron chi connectivity index (χ4n) is 3.74. The summed E-state index contributed by atoms with van der Waals surface area (Å²) in [5, 5.41) is 13.8. The van der Waals surface area contributed by atoms with Crippen LogP contribution in [0.25, 0.3) is 22.4 Å². The predicted molar refractivity (Wildman–Crippen MR) is 115 cm³/mol.